The van der Waals surface area contributed by atoms with E-state index in [-0.39, 0.29) is 18.6 Å². The molecule has 2 atom stereocenters. The number of aliphatic hydroxyl groups excluding tert-OH is 2. The Hall–Kier alpha value is -0.870. The molecule has 0 aliphatic heterocycles. The molecular weight excluding hydrogens is 316 g/mol. The van der Waals surface area contributed by atoms with E-state index in [0.717, 1.165) is 57.8 Å². The lowest BCUT2D eigenvalue weighted by Gasteiger charge is -2.13. The van der Waals surface area contributed by atoms with E-state index in [9.17, 15) is 15.0 Å². The molecule has 0 aromatic heterocycles. The highest BCUT2D eigenvalue weighted by molar-refractivity contribution is 5.66. The summed E-state index contributed by atoms with van der Waals surface area (Å²) in [5.41, 5.74) is 0. The van der Waals surface area contributed by atoms with E-state index in [4.69, 9.17) is 5.11 Å². The molecule has 0 aromatic rings. The Kier molecular flexibility index (Phi) is 17.3. The Morgan fingerprint density at radius 3 is 2.04 bits per heavy atom. The van der Waals surface area contributed by atoms with E-state index in [1.165, 1.54) is 12.8 Å². The van der Waals surface area contributed by atoms with Crippen LogP contribution in [0.3, 0.4) is 0 Å². The van der Waals surface area contributed by atoms with Gasteiger partial charge in [0.15, 0.2) is 0 Å². The minimum Gasteiger partial charge on any atom is -0.481 e. The molecule has 0 aliphatic carbocycles. The van der Waals surface area contributed by atoms with Crippen LogP contribution in [0.1, 0.15) is 103 Å². The summed E-state index contributed by atoms with van der Waals surface area (Å²) in [6, 6.07) is 0. The fraction of sp³-hybridized carbons (Fsp3) is 0.857. The van der Waals surface area contributed by atoms with Gasteiger partial charge in [-0.15, -0.1) is 0 Å². The van der Waals surface area contributed by atoms with Crippen LogP contribution < -0.4 is 0 Å². The molecule has 0 rings (SSSR count). The molecule has 0 saturated carbocycles. The lowest BCUT2D eigenvalue weighted by Crippen LogP contribution is -2.12. The number of rotatable bonds is 18. The van der Waals surface area contributed by atoms with Gasteiger partial charge in [0.25, 0.3) is 0 Å². The summed E-state index contributed by atoms with van der Waals surface area (Å²) >= 11 is 0. The second kappa shape index (κ2) is 17.9. The van der Waals surface area contributed by atoms with Crippen molar-refractivity contribution in [3.63, 3.8) is 0 Å². The maximum absolute atomic E-state index is 10.4. The van der Waals surface area contributed by atoms with Gasteiger partial charge in [-0.3, -0.25) is 4.79 Å². The molecule has 4 nitrogen and oxygen atoms in total. The molecule has 0 saturated heterocycles. The van der Waals surface area contributed by atoms with Gasteiger partial charge in [-0.25, -0.2) is 0 Å². The molecule has 0 fully saturated rings. The maximum Gasteiger partial charge on any atom is 0.303 e. The summed E-state index contributed by atoms with van der Waals surface area (Å²) < 4.78 is 0. The first-order valence-corrected chi connectivity index (χ1v) is 10.3. The molecule has 3 N–H and O–H groups in total. The average molecular weight is 357 g/mol. The van der Waals surface area contributed by atoms with Crippen molar-refractivity contribution in [1.82, 2.24) is 0 Å². The van der Waals surface area contributed by atoms with Crippen molar-refractivity contribution in [3.8, 4) is 0 Å². The number of unbranched alkanes of at least 4 members (excludes halogenated alkanes) is 8. The monoisotopic (exact) mass is 356 g/mol. The average Bonchev–Trinajstić information content (AvgIpc) is 2.58. The van der Waals surface area contributed by atoms with E-state index >= 15 is 0 Å². The molecule has 0 heterocycles. The predicted molar refractivity (Wildman–Crippen MR) is 104 cm³/mol. The zero-order chi connectivity index (χ0) is 18.8. The number of carboxylic acid groups (broad SMARTS) is 1. The van der Waals surface area contributed by atoms with Crippen molar-refractivity contribution < 1.29 is 20.1 Å². The fourth-order valence-corrected chi connectivity index (χ4v) is 2.88. The first-order chi connectivity index (χ1) is 12.1. The zero-order valence-electron chi connectivity index (χ0n) is 16.2. The highest BCUT2D eigenvalue weighted by Crippen LogP contribution is 2.14. The first kappa shape index (κ1) is 24.1. The lowest BCUT2D eigenvalue weighted by atomic mass is 10.0. The minimum atomic E-state index is -0.702. The third-order valence-corrected chi connectivity index (χ3v) is 4.56. The lowest BCUT2D eigenvalue weighted by molar-refractivity contribution is -0.137. The topological polar surface area (TPSA) is 77.8 Å². The van der Waals surface area contributed by atoms with E-state index in [1.807, 2.05) is 0 Å². The van der Waals surface area contributed by atoms with Crippen LogP contribution in [0.4, 0.5) is 0 Å². The Balaban J connectivity index is 3.38. The Morgan fingerprint density at radius 2 is 1.40 bits per heavy atom. The number of hydrogen-bond acceptors (Lipinski definition) is 3. The molecule has 0 aromatic carbocycles. The van der Waals surface area contributed by atoms with Crippen molar-refractivity contribution in [2.75, 3.05) is 0 Å². The quantitative estimate of drug-likeness (QED) is 0.232. The maximum atomic E-state index is 10.4. The van der Waals surface area contributed by atoms with Crippen LogP contribution in [0.5, 0.6) is 0 Å². The summed E-state index contributed by atoms with van der Waals surface area (Å²) in [6.07, 6.45) is 17.6. The summed E-state index contributed by atoms with van der Waals surface area (Å²) in [5.74, 6) is -0.702. The Morgan fingerprint density at radius 1 is 0.800 bits per heavy atom. The van der Waals surface area contributed by atoms with E-state index in [2.05, 4.69) is 19.1 Å². The minimum absolute atomic E-state index is 0.284. The van der Waals surface area contributed by atoms with Crippen LogP contribution >= 0.6 is 0 Å². The number of allylic oxidation sites excluding steroid dienone is 1. The molecule has 0 spiro atoms. The predicted octanol–water partition coefficient (Wildman–Crippen LogP) is 5.22. The van der Waals surface area contributed by atoms with E-state index < -0.39 is 5.97 Å². The van der Waals surface area contributed by atoms with Crippen molar-refractivity contribution >= 4 is 5.97 Å². The molecule has 25 heavy (non-hydrogen) atoms. The molecule has 148 valence electrons. The van der Waals surface area contributed by atoms with Crippen molar-refractivity contribution in [1.29, 1.82) is 0 Å². The van der Waals surface area contributed by atoms with Gasteiger partial charge in [0.05, 0.1) is 12.2 Å². The largest absolute Gasteiger partial charge is 0.481 e. The summed E-state index contributed by atoms with van der Waals surface area (Å²) in [7, 11) is 0. The standard InChI is InChI=1S/C21H40O4/c1-2-3-4-8-11-14-19(22)17-18-20(23)15-12-9-6-5-7-10-13-16-21(24)25/h8,11,19-20,22-23H,2-7,9-10,12-18H2,1H3,(H,24,25). The van der Waals surface area contributed by atoms with Crippen molar-refractivity contribution in [2.45, 2.75) is 115 Å². The van der Waals surface area contributed by atoms with E-state index in [0.29, 0.717) is 19.3 Å². The molecule has 0 radical (unpaired) electrons. The molecule has 4 heteroatoms. The molecule has 0 amide bonds. The molecule has 2 unspecified atom stereocenters. The van der Waals surface area contributed by atoms with Gasteiger partial charge in [0.2, 0.25) is 0 Å². The van der Waals surface area contributed by atoms with Crippen LogP contribution in [0.2, 0.25) is 0 Å². The highest BCUT2D eigenvalue weighted by atomic mass is 16.4. The molecule has 0 bridgehead atoms. The van der Waals surface area contributed by atoms with Gasteiger partial charge >= 0.3 is 5.97 Å². The summed E-state index contributed by atoms with van der Waals surface area (Å²) in [6.45, 7) is 2.17. The normalized spacial score (nSPS) is 14.0. The van der Waals surface area contributed by atoms with Crippen molar-refractivity contribution in [2.24, 2.45) is 0 Å². The molecule has 0 aliphatic rings. The number of carboxylic acids is 1. The van der Waals surface area contributed by atoms with Gasteiger partial charge < -0.3 is 15.3 Å². The van der Waals surface area contributed by atoms with E-state index in [1.54, 1.807) is 0 Å². The van der Waals surface area contributed by atoms with Gasteiger partial charge in [-0.2, -0.15) is 0 Å². The van der Waals surface area contributed by atoms with Crippen LogP contribution in [0.15, 0.2) is 12.2 Å². The second-order valence-corrected chi connectivity index (χ2v) is 7.14. The highest BCUT2D eigenvalue weighted by Gasteiger charge is 2.08. The third-order valence-electron chi connectivity index (χ3n) is 4.56. The summed E-state index contributed by atoms with van der Waals surface area (Å²) in [5, 5.41) is 28.4. The van der Waals surface area contributed by atoms with Crippen LogP contribution in [0, 0.1) is 0 Å². The van der Waals surface area contributed by atoms with Crippen LogP contribution in [0.25, 0.3) is 0 Å². The van der Waals surface area contributed by atoms with Gasteiger partial charge in [-0.1, -0.05) is 70.4 Å². The Labute approximate surface area is 154 Å². The van der Waals surface area contributed by atoms with Gasteiger partial charge in [-0.05, 0) is 38.5 Å². The Bertz CT molecular complexity index is 328. The first-order valence-electron chi connectivity index (χ1n) is 10.3. The van der Waals surface area contributed by atoms with Crippen LogP contribution in [-0.4, -0.2) is 33.5 Å². The fourth-order valence-electron chi connectivity index (χ4n) is 2.88. The zero-order valence-corrected chi connectivity index (χ0v) is 16.2. The SMILES string of the molecule is CCCCC=CCC(O)CCC(O)CCCCCCCCCC(=O)O. The van der Waals surface area contributed by atoms with Gasteiger partial charge in [0, 0.05) is 6.42 Å². The van der Waals surface area contributed by atoms with Gasteiger partial charge in [0.1, 0.15) is 0 Å². The number of aliphatic carboxylic acids is 1. The molecular formula is C21H40O4. The van der Waals surface area contributed by atoms with Crippen molar-refractivity contribution in [3.05, 3.63) is 12.2 Å². The second-order valence-electron chi connectivity index (χ2n) is 7.14. The smallest absolute Gasteiger partial charge is 0.303 e. The third kappa shape index (κ3) is 19.3. The van der Waals surface area contributed by atoms with Crippen LogP contribution in [-0.2, 0) is 4.79 Å². The number of aliphatic hydroxyl groups is 2. The number of carbonyl (C=O) groups is 1. The summed E-state index contributed by atoms with van der Waals surface area (Å²) in [4.78, 5) is 10.4. The number of hydrogen-bond donors (Lipinski definition) is 3.